The molecule has 0 saturated heterocycles. The van der Waals surface area contributed by atoms with Gasteiger partial charge in [0.2, 0.25) is 5.89 Å². The van der Waals surface area contributed by atoms with E-state index >= 15 is 0 Å². The molecule has 2 heterocycles. The number of oxazole rings is 1. The number of urea groups is 1. The fourth-order valence-corrected chi connectivity index (χ4v) is 2.73. The number of nitrogens with one attached hydrogen (secondary N) is 2. The summed E-state index contributed by atoms with van der Waals surface area (Å²) in [6.45, 7) is 10.8. The van der Waals surface area contributed by atoms with Gasteiger partial charge in [-0.2, -0.15) is 0 Å². The summed E-state index contributed by atoms with van der Waals surface area (Å²) in [4.78, 5) is 21.4. The smallest absolute Gasteiger partial charge is 0.315 e. The average Bonchev–Trinajstić information content (AvgIpc) is 3.00. The van der Waals surface area contributed by atoms with Gasteiger partial charge in [-0.3, -0.25) is 0 Å². The summed E-state index contributed by atoms with van der Waals surface area (Å²) in [6.07, 6.45) is 1.71. The molecule has 2 aromatic rings. The minimum atomic E-state index is -0.249. The molecule has 0 saturated carbocycles. The van der Waals surface area contributed by atoms with Gasteiger partial charge in [-0.15, -0.1) is 11.3 Å². The number of amides is 2. The maximum Gasteiger partial charge on any atom is 0.315 e. The highest BCUT2D eigenvalue weighted by Gasteiger charge is 2.19. The third kappa shape index (κ3) is 4.30. The van der Waals surface area contributed by atoms with Crippen molar-refractivity contribution in [1.29, 1.82) is 0 Å². The molecule has 120 valence electrons. The van der Waals surface area contributed by atoms with Crippen molar-refractivity contribution in [2.24, 2.45) is 0 Å². The molecule has 6 nitrogen and oxygen atoms in total. The van der Waals surface area contributed by atoms with Crippen molar-refractivity contribution in [1.82, 2.24) is 20.6 Å². The second-order valence-electron chi connectivity index (χ2n) is 6.15. The zero-order valence-corrected chi connectivity index (χ0v) is 14.4. The Labute approximate surface area is 134 Å². The van der Waals surface area contributed by atoms with E-state index in [1.165, 1.54) is 0 Å². The molecule has 0 unspecified atom stereocenters. The molecular formula is C15H22N4O2S. The normalized spacial score (nSPS) is 11.5. The Morgan fingerprint density at radius 2 is 1.95 bits per heavy atom. The first-order valence-electron chi connectivity index (χ1n) is 7.15. The average molecular weight is 322 g/mol. The predicted octanol–water partition coefficient (Wildman–Crippen LogP) is 3.04. The van der Waals surface area contributed by atoms with Gasteiger partial charge in [-0.05, 0) is 13.8 Å². The Kier molecular flexibility index (Phi) is 4.85. The minimum absolute atomic E-state index is 0.0882. The largest absolute Gasteiger partial charge is 0.443 e. The first-order chi connectivity index (χ1) is 10.3. The molecule has 0 atom stereocenters. The number of aryl methyl sites for hydroxylation is 2. The Morgan fingerprint density at radius 1 is 1.27 bits per heavy atom. The summed E-state index contributed by atoms with van der Waals surface area (Å²) < 4.78 is 5.62. The molecule has 0 aliphatic carbocycles. The van der Waals surface area contributed by atoms with E-state index in [4.69, 9.17) is 4.42 Å². The van der Waals surface area contributed by atoms with E-state index in [0.717, 1.165) is 21.3 Å². The van der Waals surface area contributed by atoms with E-state index in [1.54, 1.807) is 17.5 Å². The van der Waals surface area contributed by atoms with Crippen LogP contribution in [0.4, 0.5) is 4.79 Å². The van der Waals surface area contributed by atoms with Crippen LogP contribution in [-0.2, 0) is 18.5 Å². The zero-order valence-electron chi connectivity index (χ0n) is 13.6. The van der Waals surface area contributed by atoms with Crippen molar-refractivity contribution in [2.45, 2.75) is 53.1 Å². The van der Waals surface area contributed by atoms with Gasteiger partial charge in [0, 0.05) is 10.3 Å². The SMILES string of the molecule is Cc1nc(C)c(CNC(=O)NCc2ncc(C(C)(C)C)o2)s1. The number of hydrogen-bond donors (Lipinski definition) is 2. The highest BCUT2D eigenvalue weighted by Crippen LogP contribution is 2.22. The summed E-state index contributed by atoms with van der Waals surface area (Å²) in [7, 11) is 0. The van der Waals surface area contributed by atoms with Crippen molar-refractivity contribution >= 4 is 17.4 Å². The number of carbonyl (C=O) groups is 1. The zero-order chi connectivity index (χ0) is 16.3. The van der Waals surface area contributed by atoms with Crippen LogP contribution < -0.4 is 10.6 Å². The first-order valence-corrected chi connectivity index (χ1v) is 7.97. The molecule has 2 rings (SSSR count). The van der Waals surface area contributed by atoms with Crippen molar-refractivity contribution in [3.05, 3.63) is 33.4 Å². The Morgan fingerprint density at radius 3 is 2.50 bits per heavy atom. The molecule has 22 heavy (non-hydrogen) atoms. The number of thiazole rings is 1. The van der Waals surface area contributed by atoms with Crippen LogP contribution in [-0.4, -0.2) is 16.0 Å². The van der Waals surface area contributed by atoms with Gasteiger partial charge in [-0.25, -0.2) is 14.8 Å². The maximum absolute atomic E-state index is 11.8. The van der Waals surface area contributed by atoms with Crippen LogP contribution in [0.15, 0.2) is 10.6 Å². The standard InChI is InChI=1S/C15H22N4O2S/c1-9-11(22-10(2)19-9)6-17-14(20)18-8-13-16-7-12(21-13)15(3,4)5/h7H,6,8H2,1-5H3,(H2,17,18,20). The quantitative estimate of drug-likeness (QED) is 0.906. The first kappa shape index (κ1) is 16.5. The van der Waals surface area contributed by atoms with E-state index in [1.807, 2.05) is 13.8 Å². The monoisotopic (exact) mass is 322 g/mol. The third-order valence-electron chi connectivity index (χ3n) is 3.10. The Bertz CT molecular complexity index is 655. The topological polar surface area (TPSA) is 80.0 Å². The van der Waals surface area contributed by atoms with Gasteiger partial charge in [-0.1, -0.05) is 20.8 Å². The van der Waals surface area contributed by atoms with Crippen LogP contribution in [0.3, 0.4) is 0 Å². The van der Waals surface area contributed by atoms with E-state index in [2.05, 4.69) is 41.4 Å². The highest BCUT2D eigenvalue weighted by atomic mass is 32.1. The molecule has 7 heteroatoms. The van der Waals surface area contributed by atoms with Crippen LogP contribution in [0.5, 0.6) is 0 Å². The molecule has 2 amide bonds. The molecular weight excluding hydrogens is 300 g/mol. The lowest BCUT2D eigenvalue weighted by atomic mass is 9.94. The van der Waals surface area contributed by atoms with Crippen molar-refractivity contribution < 1.29 is 9.21 Å². The highest BCUT2D eigenvalue weighted by molar-refractivity contribution is 7.11. The Hall–Kier alpha value is -1.89. The van der Waals surface area contributed by atoms with Crippen molar-refractivity contribution in [3.8, 4) is 0 Å². The summed E-state index contributed by atoms with van der Waals surface area (Å²) in [5.41, 5.74) is 0.875. The van der Waals surface area contributed by atoms with E-state index < -0.39 is 0 Å². The Balaban J connectivity index is 1.80. The number of hydrogen-bond acceptors (Lipinski definition) is 5. The summed E-state index contributed by atoms with van der Waals surface area (Å²) in [5, 5.41) is 6.55. The second kappa shape index (κ2) is 6.48. The predicted molar refractivity (Wildman–Crippen MR) is 85.9 cm³/mol. The van der Waals surface area contributed by atoms with Gasteiger partial charge in [0.05, 0.1) is 30.0 Å². The lowest BCUT2D eigenvalue weighted by molar-refractivity contribution is 0.238. The maximum atomic E-state index is 11.8. The fourth-order valence-electron chi connectivity index (χ4n) is 1.86. The number of nitrogens with zero attached hydrogens (tertiary/aromatic N) is 2. The van der Waals surface area contributed by atoms with Crippen LogP contribution in [0.25, 0.3) is 0 Å². The molecule has 2 N–H and O–H groups in total. The van der Waals surface area contributed by atoms with Crippen LogP contribution in [0.2, 0.25) is 0 Å². The van der Waals surface area contributed by atoms with Gasteiger partial charge in [0.15, 0.2) is 0 Å². The summed E-state index contributed by atoms with van der Waals surface area (Å²) in [5.74, 6) is 1.31. The van der Waals surface area contributed by atoms with Crippen LogP contribution in [0.1, 0.15) is 48.0 Å². The second-order valence-corrected chi connectivity index (χ2v) is 7.43. The minimum Gasteiger partial charge on any atom is -0.443 e. The third-order valence-corrected chi connectivity index (χ3v) is 4.17. The summed E-state index contributed by atoms with van der Waals surface area (Å²) >= 11 is 1.59. The molecule has 0 bridgehead atoms. The van der Waals surface area contributed by atoms with Crippen molar-refractivity contribution in [3.63, 3.8) is 0 Å². The van der Waals surface area contributed by atoms with Crippen LogP contribution >= 0.6 is 11.3 Å². The molecule has 0 aliphatic rings. The van der Waals surface area contributed by atoms with Gasteiger partial charge < -0.3 is 15.1 Å². The number of rotatable bonds is 4. The molecule has 0 aromatic carbocycles. The van der Waals surface area contributed by atoms with Gasteiger partial charge >= 0.3 is 6.03 Å². The molecule has 0 aliphatic heterocycles. The number of carbonyl (C=O) groups excluding carboxylic acids is 1. The van der Waals surface area contributed by atoms with Crippen LogP contribution in [0, 0.1) is 13.8 Å². The van der Waals surface area contributed by atoms with E-state index in [0.29, 0.717) is 12.4 Å². The molecule has 2 aromatic heterocycles. The molecule has 0 radical (unpaired) electrons. The van der Waals surface area contributed by atoms with E-state index in [-0.39, 0.29) is 18.0 Å². The fraction of sp³-hybridized carbons (Fsp3) is 0.533. The van der Waals surface area contributed by atoms with Gasteiger partial charge in [0.1, 0.15) is 5.76 Å². The lowest BCUT2D eigenvalue weighted by Gasteiger charge is -2.13. The van der Waals surface area contributed by atoms with E-state index in [9.17, 15) is 4.79 Å². The number of aromatic nitrogens is 2. The lowest BCUT2D eigenvalue weighted by Crippen LogP contribution is -2.34. The van der Waals surface area contributed by atoms with Gasteiger partial charge in [0.25, 0.3) is 0 Å². The van der Waals surface area contributed by atoms with Crippen molar-refractivity contribution in [2.75, 3.05) is 0 Å². The summed E-state index contributed by atoms with van der Waals surface area (Å²) in [6, 6.07) is -0.249. The molecule has 0 fully saturated rings. The molecule has 0 spiro atoms.